The summed E-state index contributed by atoms with van der Waals surface area (Å²) in [6.07, 6.45) is 0.993. The number of rotatable bonds is 3. The first-order chi connectivity index (χ1) is 8.50. The second kappa shape index (κ2) is 4.94. The Morgan fingerprint density at radius 3 is 2.78 bits per heavy atom. The summed E-state index contributed by atoms with van der Waals surface area (Å²) in [5.41, 5.74) is 6.26. The van der Waals surface area contributed by atoms with Gasteiger partial charge in [0.15, 0.2) is 0 Å². The van der Waals surface area contributed by atoms with E-state index in [4.69, 9.17) is 15.9 Å². The van der Waals surface area contributed by atoms with Gasteiger partial charge in [0.2, 0.25) is 0 Å². The van der Waals surface area contributed by atoms with Crippen molar-refractivity contribution in [2.75, 3.05) is 18.6 Å². The van der Waals surface area contributed by atoms with Crippen LogP contribution in [0.4, 0.5) is 10.1 Å². The van der Waals surface area contributed by atoms with Crippen LogP contribution in [0, 0.1) is 11.2 Å². The van der Waals surface area contributed by atoms with Crippen molar-refractivity contribution in [3.05, 3.63) is 29.6 Å². The standard InChI is InChI=1S/C13H18FN3O/c1-8-11(5-6-18-8)17(2)12-4-3-9(13(15)16)7-10(12)14/h3-4,7-8,11H,5-6H2,1-2H3,(H3,15,16). The SMILES string of the molecule is CC1OCCC1N(C)c1ccc(C(=N)N)cc1F. The van der Waals surface area contributed by atoms with Gasteiger partial charge < -0.3 is 15.4 Å². The number of nitrogens with zero attached hydrogens (tertiary/aromatic N) is 1. The van der Waals surface area contributed by atoms with Crippen molar-refractivity contribution >= 4 is 11.5 Å². The van der Waals surface area contributed by atoms with Gasteiger partial charge >= 0.3 is 0 Å². The van der Waals surface area contributed by atoms with Crippen LogP contribution >= 0.6 is 0 Å². The van der Waals surface area contributed by atoms with Crippen molar-refractivity contribution in [3.63, 3.8) is 0 Å². The molecule has 1 fully saturated rings. The van der Waals surface area contributed by atoms with Gasteiger partial charge in [-0.05, 0) is 31.5 Å². The highest BCUT2D eigenvalue weighted by Crippen LogP contribution is 2.26. The summed E-state index contributed by atoms with van der Waals surface area (Å²) in [4.78, 5) is 1.90. The molecule has 1 heterocycles. The summed E-state index contributed by atoms with van der Waals surface area (Å²) in [5.74, 6) is -0.482. The van der Waals surface area contributed by atoms with Crippen molar-refractivity contribution < 1.29 is 9.13 Å². The number of nitrogen functional groups attached to an aromatic ring is 1. The van der Waals surface area contributed by atoms with Crippen LogP contribution in [-0.4, -0.2) is 31.6 Å². The number of amidine groups is 1. The molecule has 3 N–H and O–H groups in total. The highest BCUT2D eigenvalue weighted by atomic mass is 19.1. The summed E-state index contributed by atoms with van der Waals surface area (Å²) in [6, 6.07) is 4.81. The predicted octanol–water partition coefficient (Wildman–Crippen LogP) is 1.72. The molecule has 1 aliphatic rings. The highest BCUT2D eigenvalue weighted by Gasteiger charge is 2.29. The van der Waals surface area contributed by atoms with Gasteiger partial charge in [-0.3, -0.25) is 5.41 Å². The molecule has 0 spiro atoms. The lowest BCUT2D eigenvalue weighted by Crippen LogP contribution is -2.37. The highest BCUT2D eigenvalue weighted by molar-refractivity contribution is 5.95. The summed E-state index contributed by atoms with van der Waals surface area (Å²) in [6.45, 7) is 2.71. The summed E-state index contributed by atoms with van der Waals surface area (Å²) < 4.78 is 19.5. The third-order valence-electron chi connectivity index (χ3n) is 3.47. The minimum absolute atomic E-state index is 0.0990. The number of ether oxygens (including phenoxy) is 1. The number of benzene rings is 1. The molecule has 0 amide bonds. The zero-order valence-electron chi connectivity index (χ0n) is 10.6. The van der Waals surface area contributed by atoms with E-state index in [1.807, 2.05) is 18.9 Å². The number of likely N-dealkylation sites (N-methyl/N-ethyl adjacent to an activating group) is 1. The van der Waals surface area contributed by atoms with E-state index in [0.717, 1.165) is 6.42 Å². The number of nitrogens with one attached hydrogen (secondary N) is 1. The van der Waals surface area contributed by atoms with E-state index >= 15 is 0 Å². The van der Waals surface area contributed by atoms with Crippen molar-refractivity contribution in [3.8, 4) is 0 Å². The molecule has 2 atom stereocenters. The van der Waals surface area contributed by atoms with Gasteiger partial charge in [-0.25, -0.2) is 4.39 Å². The largest absolute Gasteiger partial charge is 0.384 e. The molecule has 4 nitrogen and oxygen atoms in total. The number of anilines is 1. The van der Waals surface area contributed by atoms with E-state index in [1.54, 1.807) is 12.1 Å². The molecule has 0 aliphatic carbocycles. The molecule has 1 aromatic carbocycles. The predicted molar refractivity (Wildman–Crippen MR) is 69.6 cm³/mol. The minimum Gasteiger partial charge on any atom is -0.384 e. The average Bonchev–Trinajstić information content (AvgIpc) is 2.74. The Kier molecular flexibility index (Phi) is 3.52. The second-order valence-electron chi connectivity index (χ2n) is 4.62. The molecular formula is C13H18FN3O. The zero-order valence-corrected chi connectivity index (χ0v) is 10.6. The van der Waals surface area contributed by atoms with Gasteiger partial charge in [-0.1, -0.05) is 0 Å². The Morgan fingerprint density at radius 1 is 1.56 bits per heavy atom. The fourth-order valence-electron chi connectivity index (χ4n) is 2.37. The summed E-state index contributed by atoms with van der Waals surface area (Å²) >= 11 is 0. The molecule has 0 bridgehead atoms. The first kappa shape index (κ1) is 12.8. The van der Waals surface area contributed by atoms with Crippen LogP contribution in [0.3, 0.4) is 0 Å². The van der Waals surface area contributed by atoms with E-state index in [1.165, 1.54) is 6.07 Å². The van der Waals surface area contributed by atoms with Gasteiger partial charge in [0.1, 0.15) is 11.7 Å². The maximum Gasteiger partial charge on any atom is 0.147 e. The Morgan fingerprint density at radius 2 is 2.28 bits per heavy atom. The van der Waals surface area contributed by atoms with E-state index in [0.29, 0.717) is 17.9 Å². The lowest BCUT2D eigenvalue weighted by Gasteiger charge is -2.29. The first-order valence-corrected chi connectivity index (χ1v) is 5.99. The van der Waals surface area contributed by atoms with Crippen LogP contribution in [0.15, 0.2) is 18.2 Å². The van der Waals surface area contributed by atoms with Gasteiger partial charge in [0.25, 0.3) is 0 Å². The van der Waals surface area contributed by atoms with Crippen LogP contribution in [-0.2, 0) is 4.74 Å². The molecule has 18 heavy (non-hydrogen) atoms. The van der Waals surface area contributed by atoms with Crippen molar-refractivity contribution in [1.29, 1.82) is 5.41 Å². The van der Waals surface area contributed by atoms with Crippen LogP contribution < -0.4 is 10.6 Å². The normalized spacial score (nSPS) is 23.1. The third-order valence-corrected chi connectivity index (χ3v) is 3.47. The minimum atomic E-state index is -0.357. The van der Waals surface area contributed by atoms with E-state index < -0.39 is 0 Å². The molecule has 1 saturated heterocycles. The topological polar surface area (TPSA) is 62.3 Å². The second-order valence-corrected chi connectivity index (χ2v) is 4.62. The molecule has 2 rings (SSSR count). The molecular weight excluding hydrogens is 233 g/mol. The number of hydrogen-bond acceptors (Lipinski definition) is 3. The Hall–Kier alpha value is -1.62. The van der Waals surface area contributed by atoms with Crippen molar-refractivity contribution in [2.24, 2.45) is 5.73 Å². The smallest absolute Gasteiger partial charge is 0.147 e. The average molecular weight is 251 g/mol. The maximum atomic E-state index is 14.0. The molecule has 0 radical (unpaired) electrons. The van der Waals surface area contributed by atoms with Crippen LogP contribution in [0.5, 0.6) is 0 Å². The lowest BCUT2D eigenvalue weighted by molar-refractivity contribution is 0.118. The number of nitrogens with two attached hydrogens (primary N) is 1. The van der Waals surface area contributed by atoms with Gasteiger partial charge in [0, 0.05) is 19.2 Å². The first-order valence-electron chi connectivity index (χ1n) is 5.99. The molecule has 5 heteroatoms. The summed E-state index contributed by atoms with van der Waals surface area (Å²) in [7, 11) is 1.86. The molecule has 0 aromatic heterocycles. The van der Waals surface area contributed by atoms with Crippen LogP contribution in [0.1, 0.15) is 18.9 Å². The van der Waals surface area contributed by atoms with Gasteiger partial charge in [-0.15, -0.1) is 0 Å². The van der Waals surface area contributed by atoms with Crippen molar-refractivity contribution in [2.45, 2.75) is 25.5 Å². The van der Waals surface area contributed by atoms with Crippen molar-refractivity contribution in [1.82, 2.24) is 0 Å². The Bertz CT molecular complexity index is 464. The molecule has 1 aromatic rings. The van der Waals surface area contributed by atoms with E-state index in [9.17, 15) is 4.39 Å². The summed E-state index contributed by atoms with van der Waals surface area (Å²) in [5, 5.41) is 7.29. The number of hydrogen-bond donors (Lipinski definition) is 2. The van der Waals surface area contributed by atoms with Gasteiger partial charge in [-0.2, -0.15) is 0 Å². The Labute approximate surface area is 106 Å². The van der Waals surface area contributed by atoms with Gasteiger partial charge in [0.05, 0.1) is 17.8 Å². The van der Waals surface area contributed by atoms with E-state index in [-0.39, 0.29) is 23.8 Å². The van der Waals surface area contributed by atoms with Crippen LogP contribution in [0.25, 0.3) is 0 Å². The van der Waals surface area contributed by atoms with E-state index in [2.05, 4.69) is 0 Å². The lowest BCUT2D eigenvalue weighted by atomic mass is 10.1. The molecule has 1 aliphatic heterocycles. The quantitative estimate of drug-likeness (QED) is 0.635. The van der Waals surface area contributed by atoms with Crippen LogP contribution in [0.2, 0.25) is 0 Å². The Balaban J connectivity index is 2.25. The molecule has 2 unspecified atom stereocenters. The maximum absolute atomic E-state index is 14.0. The fourth-order valence-corrected chi connectivity index (χ4v) is 2.37. The number of halogens is 1. The fraction of sp³-hybridized carbons (Fsp3) is 0.462. The molecule has 0 saturated carbocycles. The third kappa shape index (κ3) is 2.31. The zero-order chi connectivity index (χ0) is 13.3. The molecule has 98 valence electrons. The monoisotopic (exact) mass is 251 g/mol.